The Morgan fingerprint density at radius 2 is 1.82 bits per heavy atom. The molecular weight excluding hydrogens is 436 g/mol. The van der Waals surface area contributed by atoms with Gasteiger partial charge in [0.05, 0.1) is 13.2 Å². The fourth-order valence-electron chi connectivity index (χ4n) is 3.02. The summed E-state index contributed by atoms with van der Waals surface area (Å²) in [5.74, 6) is 0.513. The second-order valence-electron chi connectivity index (χ2n) is 7.73. The highest BCUT2D eigenvalue weighted by Gasteiger charge is 2.15. The molecule has 1 heterocycles. The average Bonchev–Trinajstić information content (AvgIpc) is 3.31. The zero-order valence-electron chi connectivity index (χ0n) is 19.2. The van der Waals surface area contributed by atoms with E-state index in [0.29, 0.717) is 17.1 Å². The number of nitrogens with one attached hydrogen (secondary N) is 2. The highest BCUT2D eigenvalue weighted by atomic mass is 32.1. The number of amides is 2. The van der Waals surface area contributed by atoms with Crippen molar-refractivity contribution >= 4 is 29.2 Å². The Hall–Kier alpha value is -3.58. The third-order valence-corrected chi connectivity index (χ3v) is 5.50. The van der Waals surface area contributed by atoms with Gasteiger partial charge in [-0.1, -0.05) is 29.8 Å². The Balaban J connectivity index is 1.74. The number of methoxy groups -OCH3 is 1. The number of thiophene rings is 1. The standard InChI is InChI=1S/C26H28N2O4S/c1-17(2)32-23-12-9-19(14-24(23)31-4)16-27-26(30)22(15-21-6-5-13-33-21)28-25(29)20-10-7-18(3)8-11-20/h5-15,17H,16H2,1-4H3,(H,27,30)(H,28,29)/b22-15-. The van der Waals surface area contributed by atoms with Crippen molar-refractivity contribution in [2.24, 2.45) is 0 Å². The molecule has 0 aliphatic heterocycles. The fourth-order valence-corrected chi connectivity index (χ4v) is 3.68. The molecule has 0 atom stereocenters. The third-order valence-electron chi connectivity index (χ3n) is 4.68. The molecule has 3 aromatic rings. The van der Waals surface area contributed by atoms with Crippen LogP contribution in [0.4, 0.5) is 0 Å². The topological polar surface area (TPSA) is 76.7 Å². The van der Waals surface area contributed by atoms with Crippen molar-refractivity contribution in [3.63, 3.8) is 0 Å². The summed E-state index contributed by atoms with van der Waals surface area (Å²) >= 11 is 1.48. The van der Waals surface area contributed by atoms with Crippen LogP contribution in [0.25, 0.3) is 6.08 Å². The van der Waals surface area contributed by atoms with Gasteiger partial charge in [0.1, 0.15) is 5.70 Å². The Kier molecular flexibility index (Phi) is 8.27. The molecule has 0 unspecified atom stereocenters. The third kappa shape index (κ3) is 6.95. The maximum Gasteiger partial charge on any atom is 0.268 e. The molecule has 0 fully saturated rings. The van der Waals surface area contributed by atoms with Crippen molar-refractivity contribution in [2.45, 2.75) is 33.4 Å². The second kappa shape index (κ2) is 11.3. The molecule has 172 valence electrons. The lowest BCUT2D eigenvalue weighted by atomic mass is 10.1. The summed E-state index contributed by atoms with van der Waals surface area (Å²) in [6, 6.07) is 16.5. The van der Waals surface area contributed by atoms with E-state index in [0.717, 1.165) is 16.0 Å². The Bertz CT molecular complexity index is 1120. The average molecular weight is 465 g/mol. The number of carbonyl (C=O) groups excluding carboxylic acids is 2. The molecule has 6 nitrogen and oxygen atoms in total. The Morgan fingerprint density at radius 3 is 2.45 bits per heavy atom. The van der Waals surface area contributed by atoms with Crippen molar-refractivity contribution < 1.29 is 19.1 Å². The quantitative estimate of drug-likeness (QED) is 0.440. The number of rotatable bonds is 9. The molecule has 0 aliphatic carbocycles. The number of carbonyl (C=O) groups is 2. The summed E-state index contributed by atoms with van der Waals surface area (Å²) < 4.78 is 11.2. The predicted molar refractivity (Wildman–Crippen MR) is 132 cm³/mol. The zero-order valence-corrected chi connectivity index (χ0v) is 20.0. The van der Waals surface area contributed by atoms with Gasteiger partial charge >= 0.3 is 0 Å². The summed E-state index contributed by atoms with van der Waals surface area (Å²) in [5, 5.41) is 7.54. The van der Waals surface area contributed by atoms with Gasteiger partial charge in [0, 0.05) is 17.0 Å². The van der Waals surface area contributed by atoms with Gasteiger partial charge in [0.15, 0.2) is 11.5 Å². The summed E-state index contributed by atoms with van der Waals surface area (Å²) in [5.41, 5.74) is 2.56. The van der Waals surface area contributed by atoms with Gasteiger partial charge in [0.25, 0.3) is 11.8 Å². The molecule has 3 rings (SSSR count). The first-order valence-corrected chi connectivity index (χ1v) is 11.5. The molecule has 0 aliphatic rings. The minimum Gasteiger partial charge on any atom is -0.493 e. The van der Waals surface area contributed by atoms with E-state index >= 15 is 0 Å². The molecule has 0 spiro atoms. The van der Waals surface area contributed by atoms with E-state index in [2.05, 4.69) is 10.6 Å². The minimum atomic E-state index is -0.384. The van der Waals surface area contributed by atoms with E-state index < -0.39 is 0 Å². The highest BCUT2D eigenvalue weighted by Crippen LogP contribution is 2.29. The van der Waals surface area contributed by atoms with E-state index in [4.69, 9.17) is 9.47 Å². The largest absolute Gasteiger partial charge is 0.493 e. The molecule has 33 heavy (non-hydrogen) atoms. The number of hydrogen-bond donors (Lipinski definition) is 2. The van der Waals surface area contributed by atoms with Gasteiger partial charge in [-0.2, -0.15) is 0 Å². The Morgan fingerprint density at radius 1 is 1.06 bits per heavy atom. The second-order valence-corrected chi connectivity index (χ2v) is 8.71. The monoisotopic (exact) mass is 464 g/mol. The van der Waals surface area contributed by atoms with Crippen LogP contribution in [-0.4, -0.2) is 25.0 Å². The van der Waals surface area contributed by atoms with Crippen LogP contribution in [0.3, 0.4) is 0 Å². The minimum absolute atomic E-state index is 0.0199. The first-order chi connectivity index (χ1) is 15.9. The summed E-state index contributed by atoms with van der Waals surface area (Å²) in [6.07, 6.45) is 1.69. The van der Waals surface area contributed by atoms with Gasteiger partial charge in [-0.25, -0.2) is 0 Å². The van der Waals surface area contributed by atoms with Gasteiger partial charge in [-0.15, -0.1) is 11.3 Å². The number of benzene rings is 2. The number of aryl methyl sites for hydroxylation is 1. The molecule has 2 amide bonds. The van der Waals surface area contributed by atoms with E-state index in [1.807, 2.05) is 68.6 Å². The van der Waals surface area contributed by atoms with Crippen LogP contribution in [0, 0.1) is 6.92 Å². The maximum atomic E-state index is 13.0. The molecule has 0 bridgehead atoms. The van der Waals surface area contributed by atoms with Crippen molar-refractivity contribution in [2.75, 3.05) is 7.11 Å². The molecule has 0 radical (unpaired) electrons. The van der Waals surface area contributed by atoms with Crippen LogP contribution >= 0.6 is 11.3 Å². The van der Waals surface area contributed by atoms with Crippen LogP contribution in [-0.2, 0) is 11.3 Å². The predicted octanol–water partition coefficient (Wildman–Crippen LogP) is 4.94. The molecule has 7 heteroatoms. The maximum absolute atomic E-state index is 13.0. The number of hydrogen-bond acceptors (Lipinski definition) is 5. The van der Waals surface area contributed by atoms with E-state index in [9.17, 15) is 9.59 Å². The summed E-state index contributed by atoms with van der Waals surface area (Å²) in [6.45, 7) is 6.10. The van der Waals surface area contributed by atoms with Crippen LogP contribution < -0.4 is 20.1 Å². The van der Waals surface area contributed by atoms with Crippen molar-refractivity contribution in [3.05, 3.63) is 87.2 Å². The van der Waals surface area contributed by atoms with Crippen LogP contribution in [0.1, 0.15) is 40.2 Å². The molecular formula is C26H28N2O4S. The Labute approximate surface area is 198 Å². The highest BCUT2D eigenvalue weighted by molar-refractivity contribution is 7.10. The first-order valence-electron chi connectivity index (χ1n) is 10.6. The number of ether oxygens (including phenoxy) is 2. The lowest BCUT2D eigenvalue weighted by Gasteiger charge is -2.15. The van der Waals surface area contributed by atoms with E-state index in [-0.39, 0.29) is 30.2 Å². The van der Waals surface area contributed by atoms with Gasteiger partial charge in [-0.05, 0) is 68.1 Å². The van der Waals surface area contributed by atoms with Crippen LogP contribution in [0.5, 0.6) is 11.5 Å². The first kappa shape index (κ1) is 24.1. The van der Waals surface area contributed by atoms with Crippen LogP contribution in [0.2, 0.25) is 0 Å². The van der Waals surface area contributed by atoms with E-state index in [1.54, 1.807) is 25.3 Å². The lowest BCUT2D eigenvalue weighted by molar-refractivity contribution is -0.117. The molecule has 0 saturated carbocycles. The molecule has 0 saturated heterocycles. The molecule has 2 aromatic carbocycles. The smallest absolute Gasteiger partial charge is 0.268 e. The van der Waals surface area contributed by atoms with Gasteiger partial charge < -0.3 is 20.1 Å². The summed E-state index contributed by atoms with van der Waals surface area (Å²) in [7, 11) is 1.58. The lowest BCUT2D eigenvalue weighted by Crippen LogP contribution is -2.34. The fraction of sp³-hybridized carbons (Fsp3) is 0.231. The molecule has 1 aromatic heterocycles. The van der Waals surface area contributed by atoms with Crippen LogP contribution in [0.15, 0.2) is 65.7 Å². The van der Waals surface area contributed by atoms with Gasteiger partial charge in [-0.3, -0.25) is 9.59 Å². The summed E-state index contributed by atoms with van der Waals surface area (Å²) in [4.78, 5) is 26.6. The van der Waals surface area contributed by atoms with E-state index in [1.165, 1.54) is 11.3 Å². The molecule has 2 N–H and O–H groups in total. The SMILES string of the molecule is COc1cc(CNC(=O)/C(=C/c2cccs2)NC(=O)c2ccc(C)cc2)ccc1OC(C)C. The van der Waals surface area contributed by atoms with Gasteiger partial charge in [0.2, 0.25) is 0 Å². The van der Waals surface area contributed by atoms with Crippen molar-refractivity contribution in [1.82, 2.24) is 10.6 Å². The zero-order chi connectivity index (χ0) is 23.8. The van der Waals surface area contributed by atoms with Crippen molar-refractivity contribution in [1.29, 1.82) is 0 Å². The van der Waals surface area contributed by atoms with Crippen molar-refractivity contribution in [3.8, 4) is 11.5 Å². The normalized spacial score (nSPS) is 11.2.